The van der Waals surface area contributed by atoms with Gasteiger partial charge in [0.25, 0.3) is 0 Å². The van der Waals surface area contributed by atoms with E-state index in [9.17, 15) is 0 Å². The molecule has 0 rings (SSSR count). The summed E-state index contributed by atoms with van der Waals surface area (Å²) >= 11 is -3.50. The molecule has 160 valence electrons. The topological polar surface area (TPSA) is 401 Å². The summed E-state index contributed by atoms with van der Waals surface area (Å²) in [6.07, 6.45) is 0. The first-order valence-corrected chi connectivity index (χ1v) is 10.8. The first kappa shape index (κ1) is 63.6. The van der Waals surface area contributed by atoms with Crippen LogP contribution < -0.4 is 37.9 Å². The number of rotatable bonds is 0. The minimum atomic E-state index is -5.17. The standard InChI is InChI=1S/5Al.Na.4H2O4S.4O/c;;;;;;4*1-5(2,3)4;;;;/h;;;;;;4*(H2,1,2,3,4);;;;/q;;3*+3;+1;;;;;;;2*-1/p-8. The molecule has 0 saturated heterocycles. The summed E-state index contributed by atoms with van der Waals surface area (Å²) < 4.78 is 170. The molecule has 0 spiro atoms. The zero-order valence-electron chi connectivity index (χ0n) is 13.7. The maximum atomic E-state index is 8.52. The van der Waals surface area contributed by atoms with Crippen molar-refractivity contribution in [2.45, 2.75) is 0 Å². The van der Waals surface area contributed by atoms with Crippen molar-refractivity contribution in [1.82, 2.24) is 0 Å². The Hall–Kier alpha value is 2.34. The molecule has 0 aliphatic heterocycles. The molecule has 0 aromatic rings. The van der Waals surface area contributed by atoms with E-state index in [1.807, 2.05) is 0 Å². The van der Waals surface area contributed by atoms with Crippen LogP contribution in [-0.4, -0.2) is 153 Å². The second-order valence-electron chi connectivity index (χ2n) is 1.83. The molecule has 0 unspecified atom stereocenters. The molecule has 0 aliphatic rings. The van der Waals surface area contributed by atoms with Crippen molar-refractivity contribution in [3.8, 4) is 0 Å². The molecule has 0 aromatic heterocycles. The van der Waals surface area contributed by atoms with Crippen LogP contribution in [0.15, 0.2) is 0 Å². The summed E-state index contributed by atoms with van der Waals surface area (Å²) in [5.41, 5.74) is 0. The third-order valence-electron chi connectivity index (χ3n) is 0. The number of hydrogen-bond donors (Lipinski definition) is 0. The number of hydrogen-bond acceptors (Lipinski definition) is 20. The third kappa shape index (κ3) is 4760. The molecule has 0 aromatic carbocycles. The van der Waals surface area contributed by atoms with E-state index >= 15 is 0 Å². The summed E-state index contributed by atoms with van der Waals surface area (Å²) in [5, 5.41) is 0. The van der Waals surface area contributed by atoms with Gasteiger partial charge in [0.2, 0.25) is 0 Å². The first-order chi connectivity index (χ1) is 10.8. The average molecular weight is 606 g/mol. The summed E-state index contributed by atoms with van der Waals surface area (Å²) in [6.45, 7) is 0. The SMILES string of the molecule is O=S(=O)([O-])[O-].O=S(=O)([O-])[O-].O=S(=O)([O-])[O-].O=S(=O)([O-])[O-].[Al+3].[Al+3].[Al+3].[Na+].[O]=[Al][O-].[O]=[Al][O-]. The Morgan fingerprint density at radius 2 is 0.400 bits per heavy atom. The van der Waals surface area contributed by atoms with Crippen molar-refractivity contribution in [2.75, 3.05) is 0 Å². The predicted octanol–water partition coefficient (Wildman–Crippen LogP) is -12.9. The molecule has 30 heteroatoms. The van der Waals surface area contributed by atoms with Crippen LogP contribution in [0.5, 0.6) is 0 Å². The second-order valence-corrected chi connectivity index (χ2v) is 5.48. The maximum absolute atomic E-state index is 8.52. The van der Waals surface area contributed by atoms with E-state index in [1.165, 1.54) is 0 Å². The van der Waals surface area contributed by atoms with Gasteiger partial charge in [-0.25, -0.2) is 0 Å². The van der Waals surface area contributed by atoms with Crippen molar-refractivity contribution < 1.29 is 116 Å². The average Bonchev–Trinajstić information content (AvgIpc) is 2.05. The molecule has 0 heterocycles. The molecule has 30 heavy (non-hydrogen) atoms. The minimum absolute atomic E-state index is 0. The van der Waals surface area contributed by atoms with Crippen LogP contribution in [0.3, 0.4) is 0 Å². The predicted molar refractivity (Wildman–Crippen MR) is 72.0 cm³/mol. The fourth-order valence-electron chi connectivity index (χ4n) is 0. The Morgan fingerprint density at radius 3 is 0.400 bits per heavy atom. The van der Waals surface area contributed by atoms with Crippen LogP contribution >= 0.6 is 0 Å². The second kappa shape index (κ2) is 35.9. The van der Waals surface area contributed by atoms with E-state index in [2.05, 4.69) is 0 Å². The van der Waals surface area contributed by atoms with Gasteiger partial charge in [-0.2, -0.15) is 0 Å². The fourth-order valence-corrected chi connectivity index (χ4v) is 0. The van der Waals surface area contributed by atoms with E-state index in [0.717, 1.165) is 0 Å². The van der Waals surface area contributed by atoms with Gasteiger partial charge in [0.15, 0.2) is 0 Å². The van der Waals surface area contributed by atoms with Gasteiger partial charge >= 0.3 is 129 Å². The Kier molecular flexibility index (Phi) is 76.2. The van der Waals surface area contributed by atoms with Crippen molar-refractivity contribution in [3.05, 3.63) is 0 Å². The van der Waals surface area contributed by atoms with Gasteiger partial charge in [-0.05, 0) is 0 Å². The van der Waals surface area contributed by atoms with E-state index in [4.69, 9.17) is 86.0 Å². The molecule has 0 saturated carbocycles. The van der Waals surface area contributed by atoms with Crippen LogP contribution in [0, 0.1) is 0 Å². The molecule has 0 amide bonds. The van der Waals surface area contributed by atoms with Gasteiger partial charge in [-0.15, -0.1) is 0 Å². The van der Waals surface area contributed by atoms with Gasteiger partial charge < -0.3 is 36.4 Å². The van der Waals surface area contributed by atoms with Crippen molar-refractivity contribution >= 4 is 125 Å². The van der Waals surface area contributed by atoms with Crippen LogP contribution in [-0.2, 0) is 49.2 Å². The van der Waals surface area contributed by atoms with Crippen LogP contribution in [0.25, 0.3) is 0 Å². The monoisotopic (exact) mass is 606 g/mol. The Morgan fingerprint density at radius 1 is 0.400 bits per heavy atom. The van der Waals surface area contributed by atoms with Gasteiger partial charge in [0, 0.05) is 41.6 Å². The summed E-state index contributed by atoms with van der Waals surface area (Å²) in [6, 6.07) is 0. The molecule has 0 bridgehead atoms. The van der Waals surface area contributed by atoms with Gasteiger partial charge in [-0.3, -0.25) is 33.7 Å². The zero-order chi connectivity index (χ0) is 23.4. The molecular formula is Al5NaO20S4. The fraction of sp³-hybridized carbons (Fsp3) is 0. The summed E-state index contributed by atoms with van der Waals surface area (Å²) in [4.78, 5) is 0. The molecule has 20 nitrogen and oxygen atoms in total. The van der Waals surface area contributed by atoms with Crippen LogP contribution in [0.1, 0.15) is 0 Å². The van der Waals surface area contributed by atoms with E-state index in [1.54, 1.807) is 0 Å². The van der Waals surface area contributed by atoms with Crippen LogP contribution in [0.4, 0.5) is 0 Å². The molecular weight excluding hydrogens is 606 g/mol. The zero-order valence-corrected chi connectivity index (χ0v) is 24.7. The van der Waals surface area contributed by atoms with Crippen molar-refractivity contribution in [1.29, 1.82) is 0 Å². The van der Waals surface area contributed by atoms with Gasteiger partial charge in [-0.1, -0.05) is 0 Å². The molecule has 0 aliphatic carbocycles. The Balaban J connectivity index is -0.0000000197. The van der Waals surface area contributed by atoms with E-state index in [0.29, 0.717) is 0 Å². The normalized spacial score (nSPS) is 8.27. The Bertz CT molecular complexity index is 573. The van der Waals surface area contributed by atoms with E-state index < -0.39 is 72.6 Å². The van der Waals surface area contributed by atoms with Crippen molar-refractivity contribution in [2.24, 2.45) is 0 Å². The third-order valence-corrected chi connectivity index (χ3v) is 0. The molecule has 0 N–H and O–H groups in total. The van der Waals surface area contributed by atoms with Crippen molar-refractivity contribution in [3.63, 3.8) is 0 Å². The van der Waals surface area contributed by atoms with Crippen LogP contribution in [0.2, 0.25) is 0 Å². The molecule has 0 radical (unpaired) electrons. The quantitative estimate of drug-likeness (QED) is 0.140. The summed E-state index contributed by atoms with van der Waals surface area (Å²) in [7, 11) is -20.7. The van der Waals surface area contributed by atoms with Gasteiger partial charge in [0.05, 0.1) is 0 Å². The molecule has 0 fully saturated rings. The first-order valence-electron chi connectivity index (χ1n) is 3.61. The van der Waals surface area contributed by atoms with Gasteiger partial charge in [0.1, 0.15) is 0 Å². The van der Waals surface area contributed by atoms with E-state index in [-0.39, 0.29) is 81.6 Å². The molecule has 0 atom stereocenters. The Labute approximate surface area is 237 Å². The summed E-state index contributed by atoms with van der Waals surface area (Å²) in [5.74, 6) is 0.